The van der Waals surface area contributed by atoms with Gasteiger partial charge < -0.3 is 15.2 Å². The highest BCUT2D eigenvalue weighted by molar-refractivity contribution is 5.78. The molecule has 0 saturated carbocycles. The van der Waals surface area contributed by atoms with Crippen molar-refractivity contribution >= 4 is 11.9 Å². The van der Waals surface area contributed by atoms with Crippen LogP contribution in [0.25, 0.3) is 0 Å². The smallest absolute Gasteiger partial charge is 0.308 e. The molecule has 2 N–H and O–H groups in total. The van der Waals surface area contributed by atoms with Gasteiger partial charge in [0.1, 0.15) is 6.61 Å². The van der Waals surface area contributed by atoms with Crippen LogP contribution in [0.1, 0.15) is 40.5 Å². The lowest BCUT2D eigenvalue weighted by Gasteiger charge is -2.23. The Balaban J connectivity index is 4.04. The molecule has 0 spiro atoms. The van der Waals surface area contributed by atoms with Crippen LogP contribution in [-0.4, -0.2) is 36.7 Å². The van der Waals surface area contributed by atoms with Gasteiger partial charge in [0.2, 0.25) is 5.91 Å². The number of ether oxygens (including phenoxy) is 1. The SMILES string of the molecule is CCCOCC(=O)NCC(CC(C)(C)C)C(=O)O. The zero-order valence-corrected chi connectivity index (χ0v) is 11.8. The van der Waals surface area contributed by atoms with Crippen molar-refractivity contribution in [3.63, 3.8) is 0 Å². The number of amides is 1. The molecule has 0 bridgehead atoms. The van der Waals surface area contributed by atoms with E-state index in [0.717, 1.165) is 6.42 Å². The summed E-state index contributed by atoms with van der Waals surface area (Å²) >= 11 is 0. The van der Waals surface area contributed by atoms with E-state index in [2.05, 4.69) is 5.32 Å². The van der Waals surface area contributed by atoms with Crippen molar-refractivity contribution in [1.29, 1.82) is 0 Å². The van der Waals surface area contributed by atoms with Gasteiger partial charge in [0.05, 0.1) is 5.92 Å². The van der Waals surface area contributed by atoms with Crippen molar-refractivity contribution in [2.24, 2.45) is 11.3 Å². The molecule has 0 heterocycles. The first-order valence-corrected chi connectivity index (χ1v) is 6.33. The molecule has 0 saturated heterocycles. The maximum atomic E-state index is 11.4. The van der Waals surface area contributed by atoms with Gasteiger partial charge in [0, 0.05) is 13.2 Å². The second-order valence-electron chi connectivity index (χ2n) is 5.66. The highest BCUT2D eigenvalue weighted by atomic mass is 16.5. The van der Waals surface area contributed by atoms with Gasteiger partial charge in [-0.3, -0.25) is 9.59 Å². The van der Waals surface area contributed by atoms with Crippen LogP contribution in [0.15, 0.2) is 0 Å². The van der Waals surface area contributed by atoms with Gasteiger partial charge in [-0.2, -0.15) is 0 Å². The fourth-order valence-corrected chi connectivity index (χ4v) is 1.58. The first-order valence-electron chi connectivity index (χ1n) is 6.33. The summed E-state index contributed by atoms with van der Waals surface area (Å²) in [4.78, 5) is 22.4. The van der Waals surface area contributed by atoms with Crippen LogP contribution in [0.3, 0.4) is 0 Å². The third kappa shape index (κ3) is 8.98. The van der Waals surface area contributed by atoms with E-state index in [1.165, 1.54) is 0 Å². The average Bonchev–Trinajstić information content (AvgIpc) is 2.22. The number of carboxylic acids is 1. The Kier molecular flexibility index (Phi) is 7.59. The number of hydrogen-bond acceptors (Lipinski definition) is 3. The van der Waals surface area contributed by atoms with Crippen LogP contribution in [-0.2, 0) is 14.3 Å². The number of carbonyl (C=O) groups is 2. The molecule has 1 amide bonds. The lowest BCUT2D eigenvalue weighted by atomic mass is 9.84. The van der Waals surface area contributed by atoms with Crippen LogP contribution < -0.4 is 5.32 Å². The molecule has 0 aromatic heterocycles. The molecule has 5 heteroatoms. The molecule has 0 fully saturated rings. The average molecular weight is 259 g/mol. The van der Waals surface area contributed by atoms with Gasteiger partial charge >= 0.3 is 5.97 Å². The molecule has 0 radical (unpaired) electrons. The summed E-state index contributed by atoms with van der Waals surface area (Å²) in [6.45, 7) is 8.59. The monoisotopic (exact) mass is 259 g/mol. The Labute approximate surface area is 109 Å². The van der Waals surface area contributed by atoms with E-state index in [-0.39, 0.29) is 24.5 Å². The summed E-state index contributed by atoms with van der Waals surface area (Å²) in [6.07, 6.45) is 1.38. The quantitative estimate of drug-likeness (QED) is 0.650. The standard InChI is InChI=1S/C13H25NO4/c1-5-6-18-9-11(15)14-8-10(12(16)17)7-13(2,3)4/h10H,5-9H2,1-4H3,(H,14,15)(H,16,17). The molecule has 1 unspecified atom stereocenters. The highest BCUT2D eigenvalue weighted by Gasteiger charge is 2.24. The van der Waals surface area contributed by atoms with Gasteiger partial charge in [0.25, 0.3) is 0 Å². The number of carbonyl (C=O) groups excluding carboxylic acids is 1. The van der Waals surface area contributed by atoms with Gasteiger partial charge in [-0.05, 0) is 18.3 Å². The lowest BCUT2D eigenvalue weighted by molar-refractivity contribution is -0.142. The van der Waals surface area contributed by atoms with Gasteiger partial charge in [-0.1, -0.05) is 27.7 Å². The number of nitrogens with one attached hydrogen (secondary N) is 1. The van der Waals surface area contributed by atoms with Crippen LogP contribution in [0.5, 0.6) is 0 Å². The first-order chi connectivity index (χ1) is 8.26. The topological polar surface area (TPSA) is 75.6 Å². The van der Waals surface area contributed by atoms with Crippen LogP contribution in [0, 0.1) is 11.3 Å². The molecule has 0 rings (SSSR count). The summed E-state index contributed by atoms with van der Waals surface area (Å²) in [5, 5.41) is 11.7. The minimum absolute atomic E-state index is 0.00427. The molecule has 0 aromatic carbocycles. The lowest BCUT2D eigenvalue weighted by Crippen LogP contribution is -2.36. The first kappa shape index (κ1) is 16.9. The minimum atomic E-state index is -0.875. The van der Waals surface area contributed by atoms with E-state index in [0.29, 0.717) is 13.0 Å². The Morgan fingerprint density at radius 2 is 1.94 bits per heavy atom. The largest absolute Gasteiger partial charge is 0.481 e. The summed E-state index contributed by atoms with van der Waals surface area (Å²) in [5.41, 5.74) is -0.0769. The van der Waals surface area contributed by atoms with Crippen LogP contribution in [0.4, 0.5) is 0 Å². The van der Waals surface area contributed by atoms with Crippen molar-refractivity contribution in [2.45, 2.75) is 40.5 Å². The molecular formula is C13H25NO4. The molecule has 0 aromatic rings. The maximum Gasteiger partial charge on any atom is 0.308 e. The number of carboxylic acid groups (broad SMARTS) is 1. The van der Waals surface area contributed by atoms with E-state index in [4.69, 9.17) is 9.84 Å². The van der Waals surface area contributed by atoms with E-state index in [1.807, 2.05) is 27.7 Å². The van der Waals surface area contributed by atoms with Crippen molar-refractivity contribution in [1.82, 2.24) is 5.32 Å². The predicted octanol–water partition coefficient (Wildman–Crippen LogP) is 1.67. The third-order valence-electron chi connectivity index (χ3n) is 2.34. The van der Waals surface area contributed by atoms with E-state index in [1.54, 1.807) is 0 Å². The zero-order chi connectivity index (χ0) is 14.2. The Bertz CT molecular complexity index is 271. The molecule has 5 nitrogen and oxygen atoms in total. The maximum absolute atomic E-state index is 11.4. The molecule has 0 aliphatic carbocycles. The van der Waals surface area contributed by atoms with Crippen molar-refractivity contribution in [3.05, 3.63) is 0 Å². The molecule has 1 atom stereocenters. The van der Waals surface area contributed by atoms with Gasteiger partial charge in [-0.25, -0.2) is 0 Å². The molecule has 0 aliphatic heterocycles. The zero-order valence-electron chi connectivity index (χ0n) is 11.8. The Hall–Kier alpha value is -1.10. The summed E-state index contributed by atoms with van der Waals surface area (Å²) < 4.78 is 5.08. The fraction of sp³-hybridized carbons (Fsp3) is 0.846. The van der Waals surface area contributed by atoms with Crippen molar-refractivity contribution in [2.75, 3.05) is 19.8 Å². The number of rotatable bonds is 8. The predicted molar refractivity (Wildman–Crippen MR) is 69.3 cm³/mol. The molecule has 106 valence electrons. The van der Waals surface area contributed by atoms with Crippen molar-refractivity contribution < 1.29 is 19.4 Å². The normalized spacial score (nSPS) is 13.1. The molecule has 0 aliphatic rings. The van der Waals surface area contributed by atoms with Gasteiger partial charge in [0.15, 0.2) is 0 Å². The van der Waals surface area contributed by atoms with E-state index in [9.17, 15) is 9.59 Å². The highest BCUT2D eigenvalue weighted by Crippen LogP contribution is 2.24. The molecular weight excluding hydrogens is 234 g/mol. The fourth-order valence-electron chi connectivity index (χ4n) is 1.58. The van der Waals surface area contributed by atoms with Crippen LogP contribution >= 0.6 is 0 Å². The second-order valence-corrected chi connectivity index (χ2v) is 5.66. The molecule has 18 heavy (non-hydrogen) atoms. The number of aliphatic carboxylic acids is 1. The minimum Gasteiger partial charge on any atom is -0.481 e. The van der Waals surface area contributed by atoms with Crippen molar-refractivity contribution in [3.8, 4) is 0 Å². The van der Waals surface area contributed by atoms with Crippen LogP contribution in [0.2, 0.25) is 0 Å². The van der Waals surface area contributed by atoms with E-state index >= 15 is 0 Å². The Morgan fingerprint density at radius 1 is 1.33 bits per heavy atom. The number of hydrogen-bond donors (Lipinski definition) is 2. The summed E-state index contributed by atoms with van der Waals surface area (Å²) in [7, 11) is 0. The van der Waals surface area contributed by atoms with E-state index < -0.39 is 11.9 Å². The van der Waals surface area contributed by atoms with Gasteiger partial charge in [-0.15, -0.1) is 0 Å². The second kappa shape index (κ2) is 8.08. The summed E-state index contributed by atoms with van der Waals surface area (Å²) in [5.74, 6) is -1.69. The Morgan fingerprint density at radius 3 is 2.39 bits per heavy atom. The third-order valence-corrected chi connectivity index (χ3v) is 2.34. The summed E-state index contributed by atoms with van der Waals surface area (Å²) in [6, 6.07) is 0.